The second kappa shape index (κ2) is 9.81. The van der Waals surface area contributed by atoms with E-state index >= 15 is 4.39 Å². The van der Waals surface area contributed by atoms with Gasteiger partial charge in [-0.15, -0.1) is 0 Å². The van der Waals surface area contributed by atoms with E-state index in [0.717, 1.165) is 18.9 Å². The first-order valence-corrected chi connectivity index (χ1v) is 12.4. The Morgan fingerprint density at radius 1 is 1.06 bits per heavy atom. The van der Waals surface area contributed by atoms with Gasteiger partial charge in [0.25, 0.3) is 5.91 Å². The van der Waals surface area contributed by atoms with Gasteiger partial charge in [-0.2, -0.15) is 0 Å². The van der Waals surface area contributed by atoms with Crippen LogP contribution < -0.4 is 10.6 Å². The number of carbonyl (C=O) groups is 2. The van der Waals surface area contributed by atoms with Crippen LogP contribution in [0.4, 0.5) is 13.2 Å². The molecule has 2 aromatic rings. The Bertz CT molecular complexity index is 1200. The molecule has 1 heterocycles. The number of amides is 2. The molecular formula is C27H29ClF3N3O2. The first-order valence-electron chi connectivity index (χ1n) is 12.0. The molecule has 0 radical (unpaired) electrons. The van der Waals surface area contributed by atoms with Crippen molar-refractivity contribution in [3.63, 3.8) is 0 Å². The van der Waals surface area contributed by atoms with Crippen molar-refractivity contribution in [3.05, 3.63) is 76.1 Å². The van der Waals surface area contributed by atoms with Gasteiger partial charge in [0.15, 0.2) is 11.6 Å². The van der Waals surface area contributed by atoms with E-state index in [-0.39, 0.29) is 51.3 Å². The van der Waals surface area contributed by atoms with Crippen LogP contribution in [-0.2, 0) is 4.79 Å². The molecule has 1 aliphatic carbocycles. The molecule has 4 rings (SSSR count). The number of hydrogen-bond acceptors (Lipinski definition) is 3. The predicted octanol–water partition coefficient (Wildman–Crippen LogP) is 5.74. The van der Waals surface area contributed by atoms with E-state index in [2.05, 4.69) is 17.2 Å². The molecular weight excluding hydrogens is 491 g/mol. The van der Waals surface area contributed by atoms with E-state index in [1.165, 1.54) is 18.2 Å². The van der Waals surface area contributed by atoms with Gasteiger partial charge in [-0.25, -0.2) is 13.2 Å². The van der Waals surface area contributed by atoms with Crippen molar-refractivity contribution in [2.24, 2.45) is 0 Å². The topological polar surface area (TPSA) is 61.4 Å². The largest absolute Gasteiger partial charge is 0.371 e. The predicted molar refractivity (Wildman–Crippen MR) is 133 cm³/mol. The maximum absolute atomic E-state index is 15.0. The lowest BCUT2D eigenvalue weighted by atomic mass is 10.0. The SMILES string of the molecule is C=C(NC1(C(=O)N[C@H](C)c2ccc(C(=O)N3[C@H](C)CC[C@@H]3C)cc2F)CC1)c1cc(F)c(F)c(Cl)c1. The maximum Gasteiger partial charge on any atom is 0.254 e. The molecule has 1 saturated carbocycles. The number of nitrogens with one attached hydrogen (secondary N) is 2. The molecule has 192 valence electrons. The third-order valence-corrected chi connectivity index (χ3v) is 7.43. The third-order valence-electron chi connectivity index (χ3n) is 7.16. The molecule has 1 aliphatic heterocycles. The van der Waals surface area contributed by atoms with Gasteiger partial charge in [0.05, 0.1) is 11.1 Å². The van der Waals surface area contributed by atoms with Crippen LogP contribution in [0, 0.1) is 17.5 Å². The Hall–Kier alpha value is -3.00. The molecule has 2 aromatic carbocycles. The van der Waals surface area contributed by atoms with Crippen LogP contribution >= 0.6 is 11.6 Å². The smallest absolute Gasteiger partial charge is 0.254 e. The number of carbonyl (C=O) groups excluding carboxylic acids is 2. The first-order chi connectivity index (χ1) is 16.9. The van der Waals surface area contributed by atoms with E-state index in [0.29, 0.717) is 12.8 Å². The minimum atomic E-state index is -1.15. The molecule has 2 amide bonds. The molecule has 9 heteroatoms. The normalized spacial score (nSPS) is 21.1. The van der Waals surface area contributed by atoms with E-state index < -0.39 is 29.0 Å². The lowest BCUT2D eigenvalue weighted by Crippen LogP contribution is -2.46. The summed E-state index contributed by atoms with van der Waals surface area (Å²) in [6.45, 7) is 9.46. The summed E-state index contributed by atoms with van der Waals surface area (Å²) >= 11 is 5.72. The number of likely N-dealkylation sites (tertiary alicyclic amines) is 1. The van der Waals surface area contributed by atoms with E-state index in [4.69, 9.17) is 11.6 Å². The van der Waals surface area contributed by atoms with Crippen LogP contribution in [0.15, 0.2) is 36.9 Å². The Morgan fingerprint density at radius 2 is 1.67 bits per heavy atom. The first kappa shape index (κ1) is 26.1. The molecule has 0 bridgehead atoms. The molecule has 0 unspecified atom stereocenters. The molecule has 2 N–H and O–H groups in total. The molecule has 2 aliphatic rings. The number of benzene rings is 2. The molecule has 0 aromatic heterocycles. The quantitative estimate of drug-likeness (QED) is 0.458. The lowest BCUT2D eigenvalue weighted by molar-refractivity contribution is -0.124. The van der Waals surface area contributed by atoms with Gasteiger partial charge in [-0.1, -0.05) is 24.2 Å². The molecule has 36 heavy (non-hydrogen) atoms. The van der Waals surface area contributed by atoms with E-state index in [1.807, 2.05) is 13.8 Å². The van der Waals surface area contributed by atoms with Gasteiger partial charge < -0.3 is 15.5 Å². The number of nitrogens with zero attached hydrogens (tertiary/aromatic N) is 1. The minimum Gasteiger partial charge on any atom is -0.371 e. The monoisotopic (exact) mass is 519 g/mol. The standard InChI is InChI=1S/C27H29ClF3N3O2/c1-14-5-6-15(2)34(14)25(35)18-7-8-20(22(29)12-18)17(4)32-26(36)27(9-10-27)33-16(3)19-11-21(28)24(31)23(30)13-19/h7-8,11-15,17,33H,3,5-6,9-10H2,1-2,4H3,(H,32,36)/t14-,15+,17-/m1/s1. The zero-order chi connectivity index (χ0) is 26.4. The van der Waals surface area contributed by atoms with Crippen molar-refractivity contribution >= 4 is 29.1 Å². The summed E-state index contributed by atoms with van der Waals surface area (Å²) in [5.41, 5.74) is -0.0204. The van der Waals surface area contributed by atoms with Crippen molar-refractivity contribution in [1.29, 1.82) is 0 Å². The van der Waals surface area contributed by atoms with Gasteiger partial charge in [-0.3, -0.25) is 9.59 Å². The van der Waals surface area contributed by atoms with Crippen molar-refractivity contribution < 1.29 is 22.8 Å². The highest BCUT2D eigenvalue weighted by Gasteiger charge is 2.50. The van der Waals surface area contributed by atoms with Crippen LogP contribution in [0.2, 0.25) is 5.02 Å². The summed E-state index contributed by atoms with van der Waals surface area (Å²) < 4.78 is 42.3. The Kier molecular flexibility index (Phi) is 7.10. The summed E-state index contributed by atoms with van der Waals surface area (Å²) in [5, 5.41) is 5.42. The summed E-state index contributed by atoms with van der Waals surface area (Å²) in [6.07, 6.45) is 2.82. The summed E-state index contributed by atoms with van der Waals surface area (Å²) in [4.78, 5) is 27.7. The van der Waals surface area contributed by atoms with Crippen LogP contribution in [0.25, 0.3) is 5.70 Å². The van der Waals surface area contributed by atoms with Gasteiger partial charge in [0.1, 0.15) is 11.4 Å². The van der Waals surface area contributed by atoms with Crippen molar-refractivity contribution in [1.82, 2.24) is 15.5 Å². The van der Waals surface area contributed by atoms with Crippen molar-refractivity contribution in [2.75, 3.05) is 0 Å². The van der Waals surface area contributed by atoms with Gasteiger partial charge >= 0.3 is 0 Å². The highest BCUT2D eigenvalue weighted by atomic mass is 35.5. The Labute approximate surface area is 213 Å². The Morgan fingerprint density at radius 3 is 2.22 bits per heavy atom. The second-order valence-corrected chi connectivity index (χ2v) is 10.3. The molecule has 1 saturated heterocycles. The fourth-order valence-electron chi connectivity index (χ4n) is 4.79. The molecule has 3 atom stereocenters. The van der Waals surface area contributed by atoms with Gasteiger partial charge in [0, 0.05) is 34.5 Å². The highest BCUT2D eigenvalue weighted by Crippen LogP contribution is 2.39. The van der Waals surface area contributed by atoms with E-state index in [1.54, 1.807) is 17.9 Å². The second-order valence-electron chi connectivity index (χ2n) is 9.86. The van der Waals surface area contributed by atoms with Crippen LogP contribution in [0.5, 0.6) is 0 Å². The lowest BCUT2D eigenvalue weighted by Gasteiger charge is -2.27. The molecule has 0 spiro atoms. The third kappa shape index (κ3) is 4.96. The number of hydrogen-bond donors (Lipinski definition) is 2. The molecule has 5 nitrogen and oxygen atoms in total. The van der Waals surface area contributed by atoms with Crippen molar-refractivity contribution in [2.45, 2.75) is 70.1 Å². The fourth-order valence-corrected chi connectivity index (χ4v) is 5.00. The summed E-state index contributed by atoms with van der Waals surface area (Å²) in [7, 11) is 0. The summed E-state index contributed by atoms with van der Waals surface area (Å²) in [6, 6.07) is 6.05. The van der Waals surface area contributed by atoms with Gasteiger partial charge in [0.2, 0.25) is 5.91 Å². The van der Waals surface area contributed by atoms with Crippen LogP contribution in [0.1, 0.15) is 74.0 Å². The van der Waals surface area contributed by atoms with E-state index in [9.17, 15) is 18.4 Å². The average molecular weight is 520 g/mol. The molecule has 2 fully saturated rings. The fraction of sp³-hybridized carbons (Fsp3) is 0.407. The highest BCUT2D eigenvalue weighted by molar-refractivity contribution is 6.30. The van der Waals surface area contributed by atoms with Crippen LogP contribution in [0.3, 0.4) is 0 Å². The summed E-state index contributed by atoms with van der Waals surface area (Å²) in [5.74, 6) is -3.42. The zero-order valence-electron chi connectivity index (χ0n) is 20.4. The number of halogens is 4. The maximum atomic E-state index is 15.0. The van der Waals surface area contributed by atoms with Crippen LogP contribution in [-0.4, -0.2) is 34.3 Å². The Balaban J connectivity index is 1.43. The average Bonchev–Trinajstić information content (AvgIpc) is 3.53. The minimum absolute atomic E-state index is 0.105. The zero-order valence-corrected chi connectivity index (χ0v) is 21.2. The number of rotatable bonds is 7. The van der Waals surface area contributed by atoms with Gasteiger partial charge in [-0.05, 0) is 70.7 Å². The van der Waals surface area contributed by atoms with Crippen molar-refractivity contribution in [3.8, 4) is 0 Å².